The fraction of sp³-hybridized carbons (Fsp3) is 0.316. The number of halogens is 2. The first-order valence-corrected chi connectivity index (χ1v) is 10.4. The van der Waals surface area contributed by atoms with Crippen LogP contribution in [0.2, 0.25) is 5.02 Å². The van der Waals surface area contributed by atoms with Crippen LogP contribution < -0.4 is 0 Å². The molecule has 2 aromatic carbocycles. The van der Waals surface area contributed by atoms with Gasteiger partial charge in [-0.1, -0.05) is 30.2 Å². The van der Waals surface area contributed by atoms with Crippen molar-refractivity contribution in [3.05, 3.63) is 64.4 Å². The van der Waals surface area contributed by atoms with Crippen LogP contribution in [0.15, 0.2) is 47.4 Å². The molecular formula is C19H19ClFNO4S. The average molecular weight is 412 g/mol. The Morgan fingerprint density at radius 2 is 1.85 bits per heavy atom. The Morgan fingerprint density at radius 3 is 2.52 bits per heavy atom. The molecule has 1 atom stereocenters. The number of carboxylic acid groups (broad SMARTS) is 1. The molecule has 0 saturated carbocycles. The van der Waals surface area contributed by atoms with Crippen LogP contribution in [0.25, 0.3) is 0 Å². The lowest BCUT2D eigenvalue weighted by Crippen LogP contribution is -2.34. The second kappa shape index (κ2) is 7.96. The summed E-state index contributed by atoms with van der Waals surface area (Å²) in [7, 11) is -3.93. The van der Waals surface area contributed by atoms with E-state index in [-0.39, 0.29) is 17.4 Å². The molecule has 0 bridgehead atoms. The number of rotatable bonds is 4. The maximum atomic E-state index is 13.6. The van der Waals surface area contributed by atoms with Gasteiger partial charge in [0.05, 0.1) is 10.5 Å². The van der Waals surface area contributed by atoms with Crippen LogP contribution in [0.5, 0.6) is 0 Å². The summed E-state index contributed by atoms with van der Waals surface area (Å²) in [5.41, 5.74) is 0.354. The second-order valence-electron chi connectivity index (χ2n) is 6.55. The third kappa shape index (κ3) is 4.31. The van der Waals surface area contributed by atoms with Crippen molar-refractivity contribution in [3.8, 4) is 0 Å². The first-order valence-electron chi connectivity index (χ1n) is 8.57. The van der Waals surface area contributed by atoms with E-state index in [0.717, 1.165) is 36.6 Å². The average Bonchev–Trinajstić information content (AvgIpc) is 2.89. The Hall–Kier alpha value is -1.96. The summed E-state index contributed by atoms with van der Waals surface area (Å²) in [6, 6.07) is 10.2. The predicted molar refractivity (Wildman–Crippen MR) is 100 cm³/mol. The molecule has 0 aromatic heterocycles. The van der Waals surface area contributed by atoms with Gasteiger partial charge >= 0.3 is 5.97 Å². The molecule has 1 unspecified atom stereocenters. The number of sulfonamides is 1. The molecule has 0 aliphatic carbocycles. The van der Waals surface area contributed by atoms with Gasteiger partial charge in [-0.05, 0) is 54.7 Å². The van der Waals surface area contributed by atoms with Gasteiger partial charge in [-0.25, -0.2) is 17.6 Å². The standard InChI is InChI=1S/C19H19ClFNO4S/c20-15-6-4-13(5-7-15)14-3-1-2-10-22(12-14)27(25,26)16-8-9-18(21)17(11-16)19(23)24/h4-9,11,14H,1-3,10,12H2,(H,23,24). The molecule has 1 N–H and O–H groups in total. The van der Waals surface area contributed by atoms with Crippen molar-refractivity contribution >= 4 is 27.6 Å². The zero-order valence-electron chi connectivity index (χ0n) is 14.4. The molecule has 27 heavy (non-hydrogen) atoms. The highest BCUT2D eigenvalue weighted by Crippen LogP contribution is 2.30. The largest absolute Gasteiger partial charge is 0.478 e. The van der Waals surface area contributed by atoms with Crippen molar-refractivity contribution in [3.63, 3.8) is 0 Å². The first kappa shape index (κ1) is 19.8. The van der Waals surface area contributed by atoms with E-state index in [1.807, 2.05) is 12.1 Å². The van der Waals surface area contributed by atoms with E-state index in [2.05, 4.69) is 0 Å². The van der Waals surface area contributed by atoms with Crippen LogP contribution in [0, 0.1) is 5.82 Å². The number of carbonyl (C=O) groups is 1. The number of nitrogens with zero attached hydrogens (tertiary/aromatic N) is 1. The normalized spacial score (nSPS) is 18.8. The van der Waals surface area contributed by atoms with Crippen molar-refractivity contribution in [2.24, 2.45) is 0 Å². The van der Waals surface area contributed by atoms with E-state index >= 15 is 0 Å². The summed E-state index contributed by atoms with van der Waals surface area (Å²) < 4.78 is 41.1. The van der Waals surface area contributed by atoms with Crippen molar-refractivity contribution in [1.82, 2.24) is 4.31 Å². The molecule has 1 aliphatic rings. The predicted octanol–water partition coefficient (Wildman–Crippen LogP) is 4.14. The minimum Gasteiger partial charge on any atom is -0.478 e. The van der Waals surface area contributed by atoms with Crippen LogP contribution in [-0.2, 0) is 10.0 Å². The molecule has 5 nitrogen and oxygen atoms in total. The summed E-state index contributed by atoms with van der Waals surface area (Å²) in [5.74, 6) is -2.45. The Bertz CT molecular complexity index is 947. The van der Waals surface area contributed by atoms with Crippen molar-refractivity contribution in [2.45, 2.75) is 30.1 Å². The van der Waals surface area contributed by atoms with Gasteiger partial charge in [0.25, 0.3) is 0 Å². The summed E-state index contributed by atoms with van der Waals surface area (Å²) in [6.07, 6.45) is 2.43. The smallest absolute Gasteiger partial charge is 0.338 e. The van der Waals surface area contributed by atoms with Gasteiger partial charge in [-0.15, -0.1) is 0 Å². The third-order valence-corrected chi connectivity index (χ3v) is 6.89. The molecule has 0 spiro atoms. The van der Waals surface area contributed by atoms with Gasteiger partial charge in [0.1, 0.15) is 5.82 Å². The highest BCUT2D eigenvalue weighted by molar-refractivity contribution is 7.89. The van der Waals surface area contributed by atoms with Crippen LogP contribution in [0.1, 0.15) is 41.1 Å². The van der Waals surface area contributed by atoms with Gasteiger partial charge in [-0.2, -0.15) is 4.31 Å². The lowest BCUT2D eigenvalue weighted by atomic mass is 9.95. The van der Waals surface area contributed by atoms with Crippen molar-refractivity contribution in [2.75, 3.05) is 13.1 Å². The number of hydrogen-bond acceptors (Lipinski definition) is 3. The lowest BCUT2D eigenvalue weighted by molar-refractivity contribution is 0.0691. The van der Waals surface area contributed by atoms with E-state index < -0.39 is 27.4 Å². The Morgan fingerprint density at radius 1 is 1.15 bits per heavy atom. The fourth-order valence-electron chi connectivity index (χ4n) is 3.31. The zero-order valence-corrected chi connectivity index (χ0v) is 16.0. The molecule has 1 heterocycles. The highest BCUT2D eigenvalue weighted by atomic mass is 35.5. The number of hydrogen-bond donors (Lipinski definition) is 1. The minimum absolute atomic E-state index is 0.0129. The number of benzene rings is 2. The molecule has 0 radical (unpaired) electrons. The maximum absolute atomic E-state index is 13.6. The second-order valence-corrected chi connectivity index (χ2v) is 8.93. The minimum atomic E-state index is -3.93. The van der Waals surface area contributed by atoms with E-state index in [1.165, 1.54) is 4.31 Å². The third-order valence-electron chi connectivity index (χ3n) is 4.78. The molecule has 1 saturated heterocycles. The van der Waals surface area contributed by atoms with Gasteiger partial charge < -0.3 is 5.11 Å². The molecule has 2 aromatic rings. The quantitative estimate of drug-likeness (QED) is 0.820. The maximum Gasteiger partial charge on any atom is 0.338 e. The van der Waals surface area contributed by atoms with Crippen LogP contribution in [0.3, 0.4) is 0 Å². The van der Waals surface area contributed by atoms with Crippen LogP contribution in [0.4, 0.5) is 4.39 Å². The van der Waals surface area contributed by atoms with E-state index in [1.54, 1.807) is 12.1 Å². The molecule has 0 amide bonds. The van der Waals surface area contributed by atoms with Gasteiger partial charge in [-0.3, -0.25) is 0 Å². The Balaban J connectivity index is 1.92. The van der Waals surface area contributed by atoms with Gasteiger partial charge in [0.15, 0.2) is 0 Å². The summed E-state index contributed by atoms with van der Waals surface area (Å²) in [4.78, 5) is 10.9. The van der Waals surface area contributed by atoms with E-state index in [0.29, 0.717) is 18.0 Å². The van der Waals surface area contributed by atoms with Gasteiger partial charge in [0, 0.05) is 18.1 Å². The Kier molecular flexibility index (Phi) is 5.83. The summed E-state index contributed by atoms with van der Waals surface area (Å²) >= 11 is 5.93. The lowest BCUT2D eigenvalue weighted by Gasteiger charge is -2.24. The molecule has 3 rings (SSSR count). The van der Waals surface area contributed by atoms with Crippen molar-refractivity contribution in [1.29, 1.82) is 0 Å². The molecule has 144 valence electrons. The van der Waals surface area contributed by atoms with Gasteiger partial charge in [0.2, 0.25) is 10.0 Å². The monoisotopic (exact) mass is 411 g/mol. The molecule has 1 aliphatic heterocycles. The topological polar surface area (TPSA) is 74.7 Å². The fourth-order valence-corrected chi connectivity index (χ4v) is 4.99. The number of aromatic carboxylic acids is 1. The first-order chi connectivity index (χ1) is 12.8. The highest BCUT2D eigenvalue weighted by Gasteiger charge is 2.30. The van der Waals surface area contributed by atoms with Crippen molar-refractivity contribution < 1.29 is 22.7 Å². The summed E-state index contributed by atoms with van der Waals surface area (Å²) in [5, 5.41) is 9.68. The SMILES string of the molecule is O=C(O)c1cc(S(=O)(=O)N2CCCCC(c3ccc(Cl)cc3)C2)ccc1F. The van der Waals surface area contributed by atoms with Crippen LogP contribution >= 0.6 is 11.6 Å². The summed E-state index contributed by atoms with van der Waals surface area (Å²) in [6.45, 7) is 0.621. The van der Waals surface area contributed by atoms with E-state index in [9.17, 15) is 17.6 Å². The number of carboxylic acids is 1. The molecule has 1 fully saturated rings. The van der Waals surface area contributed by atoms with Crippen LogP contribution in [-0.4, -0.2) is 36.9 Å². The molecular weight excluding hydrogens is 393 g/mol. The van der Waals surface area contributed by atoms with E-state index in [4.69, 9.17) is 16.7 Å². The zero-order chi connectivity index (χ0) is 19.6. The Labute approximate surface area is 162 Å². The molecule has 8 heteroatoms.